The molecule has 2 aromatic rings. The van der Waals surface area contributed by atoms with Gasteiger partial charge in [-0.1, -0.05) is 23.7 Å². The van der Waals surface area contributed by atoms with Crippen molar-refractivity contribution >= 4 is 34.2 Å². The van der Waals surface area contributed by atoms with Gasteiger partial charge in [0.25, 0.3) is 0 Å². The third-order valence-corrected chi connectivity index (χ3v) is 6.30. The molecule has 0 spiro atoms. The van der Waals surface area contributed by atoms with E-state index in [2.05, 4.69) is 33.3 Å². The van der Waals surface area contributed by atoms with E-state index >= 15 is 0 Å². The molecule has 0 unspecified atom stereocenters. The highest BCUT2D eigenvalue weighted by Crippen LogP contribution is 2.22. The van der Waals surface area contributed by atoms with E-state index < -0.39 is 0 Å². The van der Waals surface area contributed by atoms with Crippen molar-refractivity contribution in [2.24, 2.45) is 0 Å². The van der Waals surface area contributed by atoms with Gasteiger partial charge in [0.15, 0.2) is 0 Å². The summed E-state index contributed by atoms with van der Waals surface area (Å²) in [6.45, 7) is 10.2. The first-order valence-electron chi connectivity index (χ1n) is 10.9. The molecule has 7 nitrogen and oxygen atoms in total. The molecular formula is C22H32ClN5O2S. The van der Waals surface area contributed by atoms with E-state index in [9.17, 15) is 4.79 Å². The predicted molar refractivity (Wildman–Crippen MR) is 126 cm³/mol. The van der Waals surface area contributed by atoms with Gasteiger partial charge in [0.05, 0.1) is 13.2 Å². The number of hydrogen-bond donors (Lipinski definition) is 1. The number of nitrogens with zero attached hydrogens (tertiary/aromatic N) is 4. The van der Waals surface area contributed by atoms with Crippen molar-refractivity contribution in [3.8, 4) is 0 Å². The second-order valence-corrected chi connectivity index (χ2v) is 9.16. The number of rotatable bonds is 11. The van der Waals surface area contributed by atoms with Crippen LogP contribution in [0.15, 0.2) is 24.3 Å². The quantitative estimate of drug-likeness (QED) is 0.514. The van der Waals surface area contributed by atoms with E-state index in [4.69, 9.17) is 21.3 Å². The molecule has 1 aliphatic rings. The molecule has 1 aliphatic heterocycles. The zero-order valence-electron chi connectivity index (χ0n) is 18.3. The minimum atomic E-state index is 0.0820. The zero-order chi connectivity index (χ0) is 22.1. The third kappa shape index (κ3) is 8.03. The van der Waals surface area contributed by atoms with Crippen LogP contribution in [0.4, 0.5) is 5.13 Å². The predicted octanol–water partition coefficient (Wildman–Crippen LogP) is 3.23. The number of benzene rings is 1. The second kappa shape index (κ2) is 12.3. The first-order chi connectivity index (χ1) is 15.0. The van der Waals surface area contributed by atoms with Crippen molar-refractivity contribution in [3.05, 3.63) is 40.7 Å². The van der Waals surface area contributed by atoms with Crippen LogP contribution in [0.3, 0.4) is 0 Å². The molecular weight excluding hydrogens is 434 g/mol. The van der Waals surface area contributed by atoms with E-state index in [1.54, 1.807) is 0 Å². The fraction of sp³-hybridized carbons (Fsp3) is 0.591. The largest absolute Gasteiger partial charge is 0.379 e. The Hall–Kier alpha value is -1.74. The molecule has 2 heterocycles. The van der Waals surface area contributed by atoms with E-state index in [1.165, 1.54) is 11.5 Å². The normalized spacial score (nSPS) is 14.7. The average molecular weight is 466 g/mol. The lowest BCUT2D eigenvalue weighted by molar-refractivity contribution is -0.120. The Labute approximate surface area is 193 Å². The van der Waals surface area contributed by atoms with Crippen molar-refractivity contribution in [2.75, 3.05) is 50.8 Å². The molecule has 1 aromatic heterocycles. The molecule has 170 valence electrons. The summed E-state index contributed by atoms with van der Waals surface area (Å²) in [6, 6.07) is 7.98. The summed E-state index contributed by atoms with van der Waals surface area (Å²) in [6.07, 6.45) is 2.08. The molecule has 1 fully saturated rings. The van der Waals surface area contributed by atoms with Crippen LogP contribution in [0, 0.1) is 0 Å². The first kappa shape index (κ1) is 23.9. The second-order valence-electron chi connectivity index (χ2n) is 7.99. The summed E-state index contributed by atoms with van der Waals surface area (Å²) in [4.78, 5) is 21.6. The molecule has 0 radical (unpaired) electrons. The zero-order valence-corrected chi connectivity index (χ0v) is 19.9. The third-order valence-electron chi connectivity index (χ3n) is 5.26. The average Bonchev–Trinajstić information content (AvgIpc) is 3.21. The number of halogens is 1. The summed E-state index contributed by atoms with van der Waals surface area (Å²) in [5.41, 5.74) is 1.13. The Balaban J connectivity index is 1.42. The summed E-state index contributed by atoms with van der Waals surface area (Å²) >= 11 is 7.34. The Bertz CT molecular complexity index is 808. The Morgan fingerprint density at radius 1 is 1.29 bits per heavy atom. The molecule has 1 amide bonds. The van der Waals surface area contributed by atoms with Crippen LogP contribution < -0.4 is 10.2 Å². The molecule has 0 bridgehead atoms. The van der Waals surface area contributed by atoms with Gasteiger partial charge in [-0.05, 0) is 44.5 Å². The Kier molecular flexibility index (Phi) is 9.52. The highest BCUT2D eigenvalue weighted by Gasteiger charge is 2.17. The maximum Gasteiger partial charge on any atom is 0.221 e. The topological polar surface area (TPSA) is 70.6 Å². The van der Waals surface area contributed by atoms with Crippen molar-refractivity contribution in [1.82, 2.24) is 19.6 Å². The van der Waals surface area contributed by atoms with Crippen molar-refractivity contribution in [2.45, 2.75) is 39.2 Å². The van der Waals surface area contributed by atoms with Crippen molar-refractivity contribution in [3.63, 3.8) is 0 Å². The molecule has 1 aromatic carbocycles. The van der Waals surface area contributed by atoms with Crippen molar-refractivity contribution in [1.29, 1.82) is 0 Å². The Morgan fingerprint density at radius 2 is 2.03 bits per heavy atom. The monoisotopic (exact) mass is 465 g/mol. The van der Waals surface area contributed by atoms with Gasteiger partial charge < -0.3 is 15.0 Å². The fourth-order valence-electron chi connectivity index (χ4n) is 3.46. The van der Waals surface area contributed by atoms with Crippen LogP contribution in [0.5, 0.6) is 0 Å². The number of carbonyl (C=O) groups excluding carboxylic acids is 1. The van der Waals surface area contributed by atoms with Crippen LogP contribution in [0.1, 0.15) is 38.1 Å². The van der Waals surface area contributed by atoms with Gasteiger partial charge in [-0.2, -0.15) is 4.37 Å². The smallest absolute Gasteiger partial charge is 0.221 e. The van der Waals surface area contributed by atoms with E-state index in [0.717, 1.165) is 60.8 Å². The summed E-state index contributed by atoms with van der Waals surface area (Å²) in [7, 11) is 0. The van der Waals surface area contributed by atoms with Crippen molar-refractivity contribution < 1.29 is 9.53 Å². The summed E-state index contributed by atoms with van der Waals surface area (Å²) in [5, 5.41) is 4.63. The lowest BCUT2D eigenvalue weighted by Crippen LogP contribution is -2.38. The lowest BCUT2D eigenvalue weighted by Gasteiger charge is -2.26. The molecule has 3 rings (SSSR count). The van der Waals surface area contributed by atoms with Gasteiger partial charge >= 0.3 is 0 Å². The van der Waals surface area contributed by atoms with Gasteiger partial charge in [-0.15, -0.1) is 0 Å². The molecule has 31 heavy (non-hydrogen) atoms. The van der Waals surface area contributed by atoms with Crippen LogP contribution in [-0.4, -0.2) is 72.1 Å². The van der Waals surface area contributed by atoms with Gasteiger partial charge in [0.1, 0.15) is 5.82 Å². The molecule has 0 atom stereocenters. The Morgan fingerprint density at radius 3 is 2.74 bits per heavy atom. The van der Waals surface area contributed by atoms with Crippen LogP contribution in [-0.2, 0) is 16.0 Å². The minimum Gasteiger partial charge on any atom is -0.379 e. The lowest BCUT2D eigenvalue weighted by atomic mass is 10.1. The molecule has 0 aliphatic carbocycles. The highest BCUT2D eigenvalue weighted by molar-refractivity contribution is 7.09. The molecule has 9 heteroatoms. The summed E-state index contributed by atoms with van der Waals surface area (Å²) < 4.78 is 9.87. The maximum atomic E-state index is 12.3. The number of aromatic nitrogens is 2. The SMILES string of the molecule is CC(C)N(CCC(=O)NCCCN1CCOCC1)c1nc(Cc2ccc(Cl)cc2)ns1. The number of ether oxygens (including phenoxy) is 1. The van der Waals surface area contributed by atoms with Crippen LogP contribution >= 0.6 is 23.1 Å². The van der Waals surface area contributed by atoms with Gasteiger partial charge in [-0.25, -0.2) is 4.98 Å². The number of carbonyl (C=O) groups is 1. The number of morpholine rings is 1. The molecule has 0 saturated carbocycles. The van der Waals surface area contributed by atoms with Gasteiger partial charge in [-0.3, -0.25) is 9.69 Å². The van der Waals surface area contributed by atoms with E-state index in [0.29, 0.717) is 25.9 Å². The number of hydrogen-bond acceptors (Lipinski definition) is 7. The minimum absolute atomic E-state index is 0.0820. The number of amides is 1. The maximum absolute atomic E-state index is 12.3. The first-order valence-corrected chi connectivity index (χ1v) is 12.1. The van der Waals surface area contributed by atoms with Gasteiger partial charge in [0.2, 0.25) is 11.0 Å². The van der Waals surface area contributed by atoms with Gasteiger partial charge in [0, 0.05) is 61.6 Å². The van der Waals surface area contributed by atoms with E-state index in [1.807, 2.05) is 24.3 Å². The number of anilines is 1. The molecule has 1 N–H and O–H groups in total. The van der Waals surface area contributed by atoms with E-state index in [-0.39, 0.29) is 11.9 Å². The number of nitrogens with one attached hydrogen (secondary N) is 1. The molecule has 1 saturated heterocycles. The fourth-order valence-corrected chi connectivity index (χ4v) is 4.43. The highest BCUT2D eigenvalue weighted by atomic mass is 35.5. The standard InChI is InChI=1S/C22H32ClN5O2S/c1-17(2)28(11-8-21(29)24-9-3-10-27-12-14-30-15-13-27)22-25-20(26-31-22)16-18-4-6-19(23)7-5-18/h4-7,17H,3,8-16H2,1-2H3,(H,24,29). The van der Waals surface area contributed by atoms with Crippen LogP contribution in [0.2, 0.25) is 5.02 Å². The van der Waals surface area contributed by atoms with Crippen LogP contribution in [0.25, 0.3) is 0 Å². The summed E-state index contributed by atoms with van der Waals surface area (Å²) in [5.74, 6) is 0.874.